The molecular formula is C16H18FNOS. The average Bonchev–Trinajstić information content (AvgIpc) is 2.46. The molecule has 2 nitrogen and oxygen atoms in total. The number of halogens is 1. The lowest BCUT2D eigenvalue weighted by molar-refractivity contribution is 0.638. The topological polar surface area (TPSA) is 29.1 Å². The van der Waals surface area contributed by atoms with Crippen molar-refractivity contribution in [1.82, 2.24) is 4.72 Å². The van der Waals surface area contributed by atoms with Gasteiger partial charge in [0.25, 0.3) is 0 Å². The predicted octanol–water partition coefficient (Wildman–Crippen LogP) is 3.95. The van der Waals surface area contributed by atoms with Gasteiger partial charge in [0.05, 0.1) is 4.90 Å². The van der Waals surface area contributed by atoms with Crippen LogP contribution >= 0.6 is 0 Å². The molecule has 2 aromatic carbocycles. The molecule has 2 unspecified atom stereocenters. The highest BCUT2D eigenvalue weighted by molar-refractivity contribution is 7.83. The molecule has 2 rings (SSSR count). The van der Waals surface area contributed by atoms with Gasteiger partial charge in [-0.25, -0.2) is 13.3 Å². The predicted molar refractivity (Wildman–Crippen MR) is 82.3 cm³/mol. The summed E-state index contributed by atoms with van der Waals surface area (Å²) in [6, 6.07) is 10.0. The van der Waals surface area contributed by atoms with Crippen LogP contribution in [-0.2, 0) is 11.0 Å². The lowest BCUT2D eigenvalue weighted by atomic mass is 10.1. The Labute approximate surface area is 121 Å². The third-order valence-electron chi connectivity index (χ3n) is 3.45. The highest BCUT2D eigenvalue weighted by Gasteiger charge is 2.14. The fourth-order valence-corrected chi connectivity index (χ4v) is 3.17. The molecule has 0 saturated carbocycles. The summed E-state index contributed by atoms with van der Waals surface area (Å²) in [4.78, 5) is 0.609. The number of hydrogen-bond donors (Lipinski definition) is 1. The molecule has 0 fully saturated rings. The summed E-state index contributed by atoms with van der Waals surface area (Å²) in [7, 11) is -1.38. The summed E-state index contributed by atoms with van der Waals surface area (Å²) in [5, 5.41) is 1.18. The fraction of sp³-hybridized carbons (Fsp3) is 0.250. The van der Waals surface area contributed by atoms with Crippen molar-refractivity contribution in [2.75, 3.05) is 0 Å². The molecule has 0 radical (unpaired) electrons. The van der Waals surface area contributed by atoms with E-state index in [2.05, 4.69) is 4.72 Å². The van der Waals surface area contributed by atoms with Gasteiger partial charge < -0.3 is 0 Å². The van der Waals surface area contributed by atoms with Crippen molar-refractivity contribution in [3.63, 3.8) is 0 Å². The number of fused-ring (bicyclic) bond motifs is 1. The lowest BCUT2D eigenvalue weighted by Crippen LogP contribution is -2.29. The third-order valence-corrected chi connectivity index (χ3v) is 4.78. The molecule has 0 saturated heterocycles. The summed E-state index contributed by atoms with van der Waals surface area (Å²) < 4.78 is 29.2. The summed E-state index contributed by atoms with van der Waals surface area (Å²) in [6.07, 6.45) is 1.98. The van der Waals surface area contributed by atoms with Gasteiger partial charge >= 0.3 is 0 Å². The summed E-state index contributed by atoms with van der Waals surface area (Å²) in [5.74, 6) is -0.293. The molecule has 4 heteroatoms. The van der Waals surface area contributed by atoms with E-state index in [4.69, 9.17) is 0 Å². The second-order valence-corrected chi connectivity index (χ2v) is 5.95. The quantitative estimate of drug-likeness (QED) is 0.849. The van der Waals surface area contributed by atoms with Gasteiger partial charge in [-0.05, 0) is 32.9 Å². The third kappa shape index (κ3) is 2.97. The minimum atomic E-state index is -1.38. The minimum Gasteiger partial charge on any atom is -0.237 e. The van der Waals surface area contributed by atoms with E-state index < -0.39 is 11.0 Å². The van der Waals surface area contributed by atoms with E-state index in [0.717, 1.165) is 5.57 Å². The number of nitrogens with one attached hydrogen (secondary N) is 1. The van der Waals surface area contributed by atoms with Crippen molar-refractivity contribution >= 4 is 21.8 Å². The first-order valence-electron chi connectivity index (χ1n) is 6.52. The molecule has 106 valence electrons. The molecule has 2 aromatic rings. The minimum absolute atomic E-state index is 0.00430. The van der Waals surface area contributed by atoms with Gasteiger partial charge in [0.2, 0.25) is 0 Å². The highest BCUT2D eigenvalue weighted by atomic mass is 32.2. The van der Waals surface area contributed by atoms with Crippen LogP contribution in [0, 0.1) is 5.82 Å². The number of rotatable bonds is 4. The maximum absolute atomic E-state index is 13.7. The summed E-state index contributed by atoms with van der Waals surface area (Å²) in [5.41, 5.74) is 1.12. The zero-order valence-electron chi connectivity index (χ0n) is 11.8. The molecule has 0 aliphatic rings. The fourth-order valence-electron chi connectivity index (χ4n) is 1.96. The van der Waals surface area contributed by atoms with Crippen LogP contribution in [0.2, 0.25) is 0 Å². The van der Waals surface area contributed by atoms with Crippen molar-refractivity contribution in [3.05, 3.63) is 53.9 Å². The van der Waals surface area contributed by atoms with E-state index in [-0.39, 0.29) is 11.9 Å². The Bertz CT molecular complexity index is 681. The molecule has 0 aliphatic carbocycles. The Balaban J connectivity index is 2.39. The van der Waals surface area contributed by atoms with Crippen molar-refractivity contribution in [2.45, 2.75) is 31.7 Å². The monoisotopic (exact) mass is 291 g/mol. The van der Waals surface area contributed by atoms with Crippen LogP contribution in [0.3, 0.4) is 0 Å². The van der Waals surface area contributed by atoms with Crippen molar-refractivity contribution in [3.8, 4) is 0 Å². The van der Waals surface area contributed by atoms with Gasteiger partial charge in [-0.1, -0.05) is 35.9 Å². The molecule has 20 heavy (non-hydrogen) atoms. The van der Waals surface area contributed by atoms with Crippen LogP contribution in [0.4, 0.5) is 4.39 Å². The molecule has 0 bridgehead atoms. The number of hydrogen-bond acceptors (Lipinski definition) is 1. The van der Waals surface area contributed by atoms with Gasteiger partial charge in [-0.3, -0.25) is 0 Å². The molecule has 0 heterocycles. The van der Waals surface area contributed by atoms with Crippen molar-refractivity contribution < 1.29 is 8.60 Å². The number of benzene rings is 2. The molecular weight excluding hydrogens is 273 g/mol. The van der Waals surface area contributed by atoms with Crippen LogP contribution in [0.15, 0.2) is 52.9 Å². The van der Waals surface area contributed by atoms with Crippen molar-refractivity contribution in [1.29, 1.82) is 0 Å². The summed E-state index contributed by atoms with van der Waals surface area (Å²) >= 11 is 0. The SMILES string of the molecule is C/C=C(\C)C(C)NS(=O)c1ccc(F)c2ccccc12. The first kappa shape index (κ1) is 14.9. The van der Waals surface area contributed by atoms with E-state index in [9.17, 15) is 8.60 Å². The van der Waals surface area contributed by atoms with Gasteiger partial charge in [0.1, 0.15) is 16.8 Å². The smallest absolute Gasteiger partial charge is 0.131 e. The first-order valence-corrected chi connectivity index (χ1v) is 7.67. The molecule has 0 aromatic heterocycles. The zero-order valence-corrected chi connectivity index (χ0v) is 12.6. The standard InChI is InChI=1S/C16H18FNOS/c1-4-11(2)12(3)18-20(19)16-10-9-15(17)13-7-5-6-8-14(13)16/h4-10,12,18H,1-3H3/b11-4+. The molecule has 0 amide bonds. The second kappa shape index (κ2) is 6.29. The number of allylic oxidation sites excluding steroid dienone is 1. The van der Waals surface area contributed by atoms with Crippen LogP contribution < -0.4 is 4.72 Å². The first-order chi connectivity index (χ1) is 9.54. The Morgan fingerprint density at radius 3 is 2.55 bits per heavy atom. The van der Waals surface area contributed by atoms with Gasteiger partial charge in [-0.2, -0.15) is 0 Å². The van der Waals surface area contributed by atoms with Gasteiger partial charge in [0, 0.05) is 16.8 Å². The Morgan fingerprint density at radius 1 is 1.25 bits per heavy atom. The summed E-state index contributed by atoms with van der Waals surface area (Å²) in [6.45, 7) is 5.89. The largest absolute Gasteiger partial charge is 0.237 e. The van der Waals surface area contributed by atoms with Gasteiger partial charge in [0.15, 0.2) is 0 Å². The van der Waals surface area contributed by atoms with E-state index in [0.29, 0.717) is 15.7 Å². The van der Waals surface area contributed by atoms with E-state index in [1.807, 2.05) is 32.9 Å². The van der Waals surface area contributed by atoms with Crippen LogP contribution in [0.1, 0.15) is 20.8 Å². The average molecular weight is 291 g/mol. The van der Waals surface area contributed by atoms with Gasteiger partial charge in [-0.15, -0.1) is 0 Å². The molecule has 1 N–H and O–H groups in total. The van der Waals surface area contributed by atoms with Crippen LogP contribution in [0.25, 0.3) is 10.8 Å². The normalized spacial score (nSPS) is 15.3. The second-order valence-electron chi connectivity index (χ2n) is 4.73. The van der Waals surface area contributed by atoms with Crippen LogP contribution in [0.5, 0.6) is 0 Å². The van der Waals surface area contributed by atoms with E-state index >= 15 is 0 Å². The van der Waals surface area contributed by atoms with E-state index in [1.165, 1.54) is 6.07 Å². The van der Waals surface area contributed by atoms with Crippen molar-refractivity contribution in [2.24, 2.45) is 0 Å². The lowest BCUT2D eigenvalue weighted by Gasteiger charge is -2.15. The maximum Gasteiger partial charge on any atom is 0.131 e. The zero-order chi connectivity index (χ0) is 14.7. The van der Waals surface area contributed by atoms with E-state index in [1.54, 1.807) is 24.3 Å². The molecule has 0 spiro atoms. The molecule has 0 aliphatic heterocycles. The van der Waals surface area contributed by atoms with Crippen LogP contribution in [-0.4, -0.2) is 10.3 Å². The Hall–Kier alpha value is -1.52. The highest BCUT2D eigenvalue weighted by Crippen LogP contribution is 2.24. The Morgan fingerprint density at radius 2 is 1.90 bits per heavy atom. The molecule has 2 atom stereocenters. The Kier molecular flexibility index (Phi) is 4.68. The maximum atomic E-state index is 13.7.